The molecule has 0 aliphatic carbocycles. The third-order valence-electron chi connectivity index (χ3n) is 3.17. The van der Waals surface area contributed by atoms with Gasteiger partial charge in [-0.2, -0.15) is 0 Å². The van der Waals surface area contributed by atoms with Gasteiger partial charge in [-0.15, -0.1) is 0 Å². The molecule has 0 spiro atoms. The highest BCUT2D eigenvalue weighted by Gasteiger charge is 2.16. The Morgan fingerprint density at radius 1 is 0.889 bits per heavy atom. The van der Waals surface area contributed by atoms with Crippen LogP contribution in [0.1, 0.15) is 10.4 Å². The van der Waals surface area contributed by atoms with E-state index < -0.39 is 59.9 Å². The maximum atomic E-state index is 13.4. The van der Waals surface area contributed by atoms with Gasteiger partial charge in [0.15, 0.2) is 24.1 Å². The summed E-state index contributed by atoms with van der Waals surface area (Å²) in [7, 11) is 0. The van der Waals surface area contributed by atoms with Crippen molar-refractivity contribution in [1.29, 1.82) is 0 Å². The van der Waals surface area contributed by atoms with Crippen molar-refractivity contribution in [2.24, 2.45) is 0 Å². The molecule has 0 aliphatic rings. The van der Waals surface area contributed by atoms with Crippen LogP contribution in [0.4, 0.5) is 23.2 Å². The Bertz CT molecular complexity index is 872. The van der Waals surface area contributed by atoms with Crippen molar-refractivity contribution in [1.82, 2.24) is 5.32 Å². The molecule has 0 fully saturated rings. The van der Waals surface area contributed by atoms with Gasteiger partial charge in [-0.05, 0) is 36.4 Å². The largest absolute Gasteiger partial charge is 0.454 e. The quantitative estimate of drug-likeness (QED) is 0.454. The van der Waals surface area contributed by atoms with Gasteiger partial charge in [0.2, 0.25) is 0 Å². The lowest BCUT2D eigenvalue weighted by Gasteiger charge is -2.09. The van der Waals surface area contributed by atoms with Gasteiger partial charge in [-0.3, -0.25) is 14.4 Å². The van der Waals surface area contributed by atoms with Crippen LogP contribution < -0.4 is 10.6 Å². The summed E-state index contributed by atoms with van der Waals surface area (Å²) in [4.78, 5) is 34.8. The van der Waals surface area contributed by atoms with E-state index in [1.807, 2.05) is 5.32 Å². The average Bonchev–Trinajstić information content (AvgIpc) is 2.65. The fraction of sp³-hybridized carbons (Fsp3) is 0.118. The summed E-state index contributed by atoms with van der Waals surface area (Å²) in [6.45, 7) is -1.42. The van der Waals surface area contributed by atoms with Crippen LogP contribution in [0.2, 0.25) is 0 Å². The monoisotopic (exact) mass is 384 g/mol. The molecule has 0 bridgehead atoms. The first-order chi connectivity index (χ1) is 12.8. The molecule has 0 saturated heterocycles. The molecular weight excluding hydrogens is 372 g/mol. The number of anilines is 1. The Morgan fingerprint density at radius 3 is 2.22 bits per heavy atom. The molecule has 0 aromatic heterocycles. The maximum Gasteiger partial charge on any atom is 0.325 e. The fourth-order valence-electron chi connectivity index (χ4n) is 1.86. The van der Waals surface area contributed by atoms with E-state index in [4.69, 9.17) is 0 Å². The number of halogens is 4. The summed E-state index contributed by atoms with van der Waals surface area (Å²) in [6.07, 6.45) is 0. The third kappa shape index (κ3) is 5.53. The van der Waals surface area contributed by atoms with Crippen molar-refractivity contribution in [3.05, 3.63) is 65.2 Å². The SMILES string of the molecule is O=C(COC(=O)CNC(=O)c1ccc(F)cc1)Nc1ccc(F)c(F)c1F. The molecule has 6 nitrogen and oxygen atoms in total. The molecule has 0 atom stereocenters. The third-order valence-corrected chi connectivity index (χ3v) is 3.17. The first-order valence-electron chi connectivity index (χ1n) is 7.40. The van der Waals surface area contributed by atoms with E-state index in [1.165, 1.54) is 12.1 Å². The van der Waals surface area contributed by atoms with E-state index in [9.17, 15) is 31.9 Å². The molecular formula is C17H12F4N2O4. The van der Waals surface area contributed by atoms with Crippen molar-refractivity contribution in [2.75, 3.05) is 18.5 Å². The molecule has 0 heterocycles. The zero-order valence-corrected chi connectivity index (χ0v) is 13.5. The molecule has 2 amide bonds. The number of ether oxygens (including phenoxy) is 1. The smallest absolute Gasteiger partial charge is 0.325 e. The first kappa shape index (κ1) is 19.9. The van der Waals surface area contributed by atoms with Gasteiger partial charge in [0, 0.05) is 5.56 Å². The number of carbonyl (C=O) groups excluding carboxylic acids is 3. The second-order valence-corrected chi connectivity index (χ2v) is 5.12. The predicted molar refractivity (Wildman–Crippen MR) is 84.6 cm³/mol. The number of hydrogen-bond donors (Lipinski definition) is 2. The predicted octanol–water partition coefficient (Wildman–Crippen LogP) is 2.15. The molecule has 2 aromatic carbocycles. The van der Waals surface area contributed by atoms with Crippen molar-refractivity contribution in [3.63, 3.8) is 0 Å². The fourth-order valence-corrected chi connectivity index (χ4v) is 1.86. The lowest BCUT2D eigenvalue weighted by atomic mass is 10.2. The van der Waals surface area contributed by atoms with Gasteiger partial charge in [-0.25, -0.2) is 17.6 Å². The molecule has 10 heteroatoms. The molecule has 2 aromatic rings. The van der Waals surface area contributed by atoms with Gasteiger partial charge in [0.25, 0.3) is 11.8 Å². The number of nitrogens with one attached hydrogen (secondary N) is 2. The number of esters is 1. The standard InChI is InChI=1S/C17H12F4N2O4/c18-10-3-1-9(2-4-10)17(26)22-7-14(25)27-8-13(24)23-12-6-5-11(19)15(20)16(12)21/h1-6H,7-8H2,(H,22,26)(H,23,24). The van der Waals surface area contributed by atoms with Gasteiger partial charge in [-0.1, -0.05) is 0 Å². The van der Waals surface area contributed by atoms with Crippen LogP contribution in [-0.4, -0.2) is 30.9 Å². The normalized spacial score (nSPS) is 10.2. The molecule has 2 rings (SSSR count). The molecule has 0 saturated carbocycles. The van der Waals surface area contributed by atoms with E-state index in [-0.39, 0.29) is 5.56 Å². The van der Waals surface area contributed by atoms with Crippen molar-refractivity contribution >= 4 is 23.5 Å². The summed E-state index contributed by atoms with van der Waals surface area (Å²) in [5, 5.41) is 4.10. The second-order valence-electron chi connectivity index (χ2n) is 5.12. The molecule has 142 valence electrons. The van der Waals surface area contributed by atoms with Crippen LogP contribution in [0.3, 0.4) is 0 Å². The molecule has 2 N–H and O–H groups in total. The number of hydrogen-bond acceptors (Lipinski definition) is 4. The molecule has 0 aliphatic heterocycles. The lowest BCUT2D eigenvalue weighted by molar-refractivity contribution is -0.146. The Kier molecular flexibility index (Phi) is 6.47. The zero-order valence-electron chi connectivity index (χ0n) is 13.5. The van der Waals surface area contributed by atoms with Crippen LogP contribution in [0.15, 0.2) is 36.4 Å². The van der Waals surface area contributed by atoms with Crippen molar-refractivity contribution in [3.8, 4) is 0 Å². The topological polar surface area (TPSA) is 84.5 Å². The van der Waals surface area contributed by atoms with E-state index in [0.29, 0.717) is 6.07 Å². The number of rotatable bonds is 6. The van der Waals surface area contributed by atoms with Crippen LogP contribution >= 0.6 is 0 Å². The Hall–Kier alpha value is -3.43. The van der Waals surface area contributed by atoms with Gasteiger partial charge >= 0.3 is 5.97 Å². The molecule has 27 heavy (non-hydrogen) atoms. The van der Waals surface area contributed by atoms with Gasteiger partial charge in [0.05, 0.1) is 5.69 Å². The van der Waals surface area contributed by atoms with Crippen molar-refractivity contribution < 1.29 is 36.7 Å². The zero-order chi connectivity index (χ0) is 20.0. The van der Waals surface area contributed by atoms with E-state index in [1.54, 1.807) is 0 Å². The van der Waals surface area contributed by atoms with Crippen LogP contribution in [-0.2, 0) is 14.3 Å². The first-order valence-corrected chi connectivity index (χ1v) is 7.40. The highest BCUT2D eigenvalue weighted by molar-refractivity contribution is 5.96. The Morgan fingerprint density at radius 2 is 1.56 bits per heavy atom. The summed E-state index contributed by atoms with van der Waals surface area (Å²) in [5.41, 5.74) is -0.518. The minimum atomic E-state index is -1.76. The minimum Gasteiger partial charge on any atom is -0.454 e. The average molecular weight is 384 g/mol. The van der Waals surface area contributed by atoms with E-state index in [2.05, 4.69) is 10.1 Å². The van der Waals surface area contributed by atoms with Crippen LogP contribution in [0.5, 0.6) is 0 Å². The summed E-state index contributed by atoms with van der Waals surface area (Å²) < 4.78 is 56.6. The lowest BCUT2D eigenvalue weighted by Crippen LogP contribution is -2.32. The van der Waals surface area contributed by atoms with Crippen molar-refractivity contribution in [2.45, 2.75) is 0 Å². The molecule has 0 unspecified atom stereocenters. The van der Waals surface area contributed by atoms with Gasteiger partial charge in [0.1, 0.15) is 12.4 Å². The Labute approximate surface area is 150 Å². The maximum absolute atomic E-state index is 13.4. The number of benzene rings is 2. The second kappa shape index (κ2) is 8.79. The minimum absolute atomic E-state index is 0.107. The molecule has 0 radical (unpaired) electrons. The van der Waals surface area contributed by atoms with Gasteiger partial charge < -0.3 is 15.4 Å². The van der Waals surface area contributed by atoms with Crippen LogP contribution in [0.25, 0.3) is 0 Å². The van der Waals surface area contributed by atoms with E-state index >= 15 is 0 Å². The van der Waals surface area contributed by atoms with E-state index in [0.717, 1.165) is 18.2 Å². The Balaban J connectivity index is 1.78. The summed E-state index contributed by atoms with van der Waals surface area (Å²) in [5.74, 6) is -7.96. The van der Waals surface area contributed by atoms with Crippen LogP contribution in [0, 0.1) is 23.3 Å². The summed E-state index contributed by atoms with van der Waals surface area (Å²) in [6, 6.07) is 5.96. The summed E-state index contributed by atoms with van der Waals surface area (Å²) >= 11 is 0. The highest BCUT2D eigenvalue weighted by Crippen LogP contribution is 2.19. The number of amides is 2. The number of carbonyl (C=O) groups is 3. The highest BCUT2D eigenvalue weighted by atomic mass is 19.2.